The van der Waals surface area contributed by atoms with E-state index in [1.807, 2.05) is 0 Å². The third-order valence-electron chi connectivity index (χ3n) is 1.90. The lowest BCUT2D eigenvalue weighted by molar-refractivity contribution is -0.175. The van der Waals surface area contributed by atoms with Crippen LogP contribution in [0.5, 0.6) is 5.75 Å². The zero-order valence-electron chi connectivity index (χ0n) is 9.47. The van der Waals surface area contributed by atoms with Crippen LogP contribution in [0, 0.1) is 11.6 Å². The summed E-state index contributed by atoms with van der Waals surface area (Å²) in [7, 11) is 0. The third-order valence-corrected chi connectivity index (χ3v) is 1.90. The summed E-state index contributed by atoms with van der Waals surface area (Å²) in [5.74, 6) is -2.99. The summed E-state index contributed by atoms with van der Waals surface area (Å²) in [6.07, 6.45) is -4.22. The second-order valence-corrected chi connectivity index (χ2v) is 3.45. The molecule has 19 heavy (non-hydrogen) atoms. The number of halogens is 5. The Kier molecular flexibility index (Phi) is 5.22. The lowest BCUT2D eigenvalue weighted by atomic mass is 10.2. The van der Waals surface area contributed by atoms with Crippen molar-refractivity contribution < 1.29 is 36.2 Å². The van der Waals surface area contributed by atoms with Crippen molar-refractivity contribution >= 4 is 6.29 Å². The molecule has 1 rings (SSSR count). The predicted molar refractivity (Wildman–Crippen MR) is 54.1 cm³/mol. The topological polar surface area (TPSA) is 35.5 Å². The lowest BCUT2D eigenvalue weighted by Gasteiger charge is -2.10. The Morgan fingerprint density at radius 1 is 1.11 bits per heavy atom. The number of benzene rings is 1. The van der Waals surface area contributed by atoms with Crippen molar-refractivity contribution in [1.29, 1.82) is 0 Å². The number of rotatable bonds is 6. The highest BCUT2D eigenvalue weighted by Gasteiger charge is 2.27. The Balaban J connectivity index is 2.48. The van der Waals surface area contributed by atoms with Crippen LogP contribution in [0.3, 0.4) is 0 Å². The van der Waals surface area contributed by atoms with Crippen molar-refractivity contribution in [2.45, 2.75) is 6.18 Å². The molecule has 1 aromatic carbocycles. The van der Waals surface area contributed by atoms with Crippen LogP contribution < -0.4 is 4.74 Å². The first-order chi connectivity index (χ1) is 8.83. The van der Waals surface area contributed by atoms with Crippen LogP contribution in [0.1, 0.15) is 10.4 Å². The van der Waals surface area contributed by atoms with Crippen molar-refractivity contribution in [3.05, 3.63) is 29.3 Å². The average molecular weight is 284 g/mol. The number of hydrogen-bond donors (Lipinski definition) is 0. The van der Waals surface area contributed by atoms with E-state index < -0.39 is 43.4 Å². The van der Waals surface area contributed by atoms with E-state index in [4.69, 9.17) is 0 Å². The molecule has 0 heterocycles. The van der Waals surface area contributed by atoms with Gasteiger partial charge in [-0.3, -0.25) is 4.79 Å². The Labute approximate surface area is 104 Å². The van der Waals surface area contributed by atoms with E-state index in [1.165, 1.54) is 0 Å². The molecule has 0 aliphatic rings. The van der Waals surface area contributed by atoms with Crippen LogP contribution in [0.25, 0.3) is 0 Å². The van der Waals surface area contributed by atoms with Crippen molar-refractivity contribution in [3.8, 4) is 5.75 Å². The molecule has 0 atom stereocenters. The van der Waals surface area contributed by atoms with E-state index >= 15 is 0 Å². The van der Waals surface area contributed by atoms with Gasteiger partial charge in [0, 0.05) is 5.56 Å². The lowest BCUT2D eigenvalue weighted by Crippen LogP contribution is -2.19. The van der Waals surface area contributed by atoms with Crippen LogP contribution >= 0.6 is 0 Å². The minimum absolute atomic E-state index is 0.212. The molecule has 0 saturated heterocycles. The fourth-order valence-corrected chi connectivity index (χ4v) is 1.18. The van der Waals surface area contributed by atoms with Crippen molar-refractivity contribution in [2.75, 3.05) is 19.8 Å². The molecule has 1 aromatic rings. The molecule has 0 N–H and O–H groups in total. The molecule has 0 radical (unpaired) electrons. The van der Waals surface area contributed by atoms with Gasteiger partial charge in [0.25, 0.3) is 0 Å². The fourth-order valence-electron chi connectivity index (χ4n) is 1.18. The van der Waals surface area contributed by atoms with Gasteiger partial charge in [-0.25, -0.2) is 8.78 Å². The first-order valence-corrected chi connectivity index (χ1v) is 5.05. The molecule has 0 aliphatic carbocycles. The van der Waals surface area contributed by atoms with Gasteiger partial charge in [0.1, 0.15) is 19.5 Å². The van der Waals surface area contributed by atoms with Crippen molar-refractivity contribution in [3.63, 3.8) is 0 Å². The summed E-state index contributed by atoms with van der Waals surface area (Å²) in [6, 6.07) is 1.50. The average Bonchev–Trinajstić information content (AvgIpc) is 2.30. The Morgan fingerprint density at radius 3 is 2.16 bits per heavy atom. The van der Waals surface area contributed by atoms with Gasteiger partial charge >= 0.3 is 6.18 Å². The van der Waals surface area contributed by atoms with Crippen LogP contribution in [-0.4, -0.2) is 32.3 Å². The smallest absolute Gasteiger partial charge is 0.411 e. The van der Waals surface area contributed by atoms with E-state index in [0.29, 0.717) is 0 Å². The van der Waals surface area contributed by atoms with Crippen LogP contribution in [0.2, 0.25) is 0 Å². The van der Waals surface area contributed by atoms with E-state index in [-0.39, 0.29) is 11.8 Å². The standard InChI is InChI=1S/C11H9F5O3/c12-8-3-7(5-17)4-9(13)10(8)19-2-1-18-6-11(14,15)16/h3-5H,1-2,6H2. The summed E-state index contributed by atoms with van der Waals surface area (Å²) < 4.78 is 70.4. The molecule has 0 aromatic heterocycles. The molecule has 0 bridgehead atoms. The quantitative estimate of drug-likeness (QED) is 0.458. The zero-order chi connectivity index (χ0) is 14.5. The molecule has 106 valence electrons. The number of carbonyl (C=O) groups is 1. The van der Waals surface area contributed by atoms with Gasteiger partial charge in [-0.15, -0.1) is 0 Å². The van der Waals surface area contributed by atoms with Gasteiger partial charge in [0.05, 0.1) is 6.61 Å². The molecule has 0 aliphatic heterocycles. The SMILES string of the molecule is O=Cc1cc(F)c(OCCOCC(F)(F)F)c(F)c1. The Hall–Kier alpha value is -1.70. The van der Waals surface area contributed by atoms with Gasteiger partial charge in [-0.2, -0.15) is 13.2 Å². The van der Waals surface area contributed by atoms with Crippen molar-refractivity contribution in [1.82, 2.24) is 0 Å². The van der Waals surface area contributed by atoms with E-state index in [1.54, 1.807) is 0 Å². The van der Waals surface area contributed by atoms with Crippen LogP contribution in [0.4, 0.5) is 22.0 Å². The summed E-state index contributed by atoms with van der Waals surface area (Å²) in [5, 5.41) is 0. The van der Waals surface area contributed by atoms with E-state index in [9.17, 15) is 26.7 Å². The molecule has 8 heteroatoms. The van der Waals surface area contributed by atoms with Crippen molar-refractivity contribution in [2.24, 2.45) is 0 Å². The third kappa shape index (κ3) is 5.21. The Bertz CT molecular complexity index is 421. The molecule has 0 fully saturated rings. The molecule has 0 spiro atoms. The van der Waals surface area contributed by atoms with Crippen LogP contribution in [0.15, 0.2) is 12.1 Å². The number of hydrogen-bond acceptors (Lipinski definition) is 3. The van der Waals surface area contributed by atoms with E-state index in [0.717, 1.165) is 12.1 Å². The maximum Gasteiger partial charge on any atom is 0.411 e. The summed E-state index contributed by atoms with van der Waals surface area (Å²) in [6.45, 7) is -2.40. The van der Waals surface area contributed by atoms with Gasteiger partial charge in [0.15, 0.2) is 17.4 Å². The molecule has 0 amide bonds. The largest absolute Gasteiger partial charge is 0.485 e. The van der Waals surface area contributed by atoms with Crippen LogP contribution in [-0.2, 0) is 4.74 Å². The Morgan fingerprint density at radius 2 is 1.68 bits per heavy atom. The molecule has 0 unspecified atom stereocenters. The molecule has 3 nitrogen and oxygen atoms in total. The highest BCUT2D eigenvalue weighted by molar-refractivity contribution is 5.75. The number of aldehydes is 1. The summed E-state index contributed by atoms with van der Waals surface area (Å²) in [4.78, 5) is 10.3. The normalized spacial score (nSPS) is 11.4. The maximum absolute atomic E-state index is 13.3. The van der Waals surface area contributed by atoms with Gasteiger partial charge in [0.2, 0.25) is 0 Å². The molecule has 0 saturated carbocycles. The first-order valence-electron chi connectivity index (χ1n) is 5.05. The molecular formula is C11H9F5O3. The minimum Gasteiger partial charge on any atom is -0.485 e. The number of alkyl halides is 3. The predicted octanol–water partition coefficient (Wildman–Crippen LogP) is 2.74. The maximum atomic E-state index is 13.3. The van der Waals surface area contributed by atoms with E-state index in [2.05, 4.69) is 9.47 Å². The monoisotopic (exact) mass is 284 g/mol. The molecular weight excluding hydrogens is 275 g/mol. The van der Waals surface area contributed by atoms with Gasteiger partial charge < -0.3 is 9.47 Å². The highest BCUT2D eigenvalue weighted by Crippen LogP contribution is 2.22. The first kappa shape index (κ1) is 15.4. The highest BCUT2D eigenvalue weighted by atomic mass is 19.4. The second kappa shape index (κ2) is 6.46. The minimum atomic E-state index is -4.47. The second-order valence-electron chi connectivity index (χ2n) is 3.45. The number of ether oxygens (including phenoxy) is 2. The summed E-state index contributed by atoms with van der Waals surface area (Å²) in [5.41, 5.74) is -0.212. The fraction of sp³-hybridized carbons (Fsp3) is 0.364. The zero-order valence-corrected chi connectivity index (χ0v) is 9.47. The summed E-state index contributed by atoms with van der Waals surface area (Å²) >= 11 is 0. The van der Waals surface area contributed by atoms with Gasteiger partial charge in [-0.1, -0.05) is 0 Å². The number of carbonyl (C=O) groups excluding carboxylic acids is 1. The van der Waals surface area contributed by atoms with Gasteiger partial charge in [-0.05, 0) is 12.1 Å².